The lowest BCUT2D eigenvalue weighted by Crippen LogP contribution is -2.36. The second kappa shape index (κ2) is 8.90. The standard InChI is InChI=1S/C23H26ClN3O2S/c1-3-4-5-10-19-25-22-20(16-13-14(2)11-12-18(16)30-22)23(29)27(19)26-21(28)15-8-6-7-9-17(15)24/h6-9,14H,3-5,10-13H2,1-2H3,(H,26,28). The van der Waals surface area contributed by atoms with Gasteiger partial charge in [-0.1, -0.05) is 50.4 Å². The van der Waals surface area contributed by atoms with Gasteiger partial charge in [0.25, 0.3) is 11.5 Å². The molecule has 3 aromatic rings. The van der Waals surface area contributed by atoms with Gasteiger partial charge >= 0.3 is 0 Å². The first kappa shape index (κ1) is 21.1. The van der Waals surface area contributed by atoms with Crippen molar-refractivity contribution in [3.8, 4) is 0 Å². The lowest BCUT2D eigenvalue weighted by atomic mass is 9.89. The molecule has 1 aliphatic carbocycles. The van der Waals surface area contributed by atoms with Gasteiger partial charge in [0.1, 0.15) is 10.7 Å². The summed E-state index contributed by atoms with van der Waals surface area (Å²) in [5.41, 5.74) is 4.06. The van der Waals surface area contributed by atoms with Gasteiger partial charge in [-0.3, -0.25) is 15.0 Å². The summed E-state index contributed by atoms with van der Waals surface area (Å²) in [6.07, 6.45) is 6.70. The van der Waals surface area contributed by atoms with Crippen LogP contribution in [-0.2, 0) is 19.3 Å². The minimum absolute atomic E-state index is 0.182. The van der Waals surface area contributed by atoms with Crippen molar-refractivity contribution >= 4 is 39.1 Å². The van der Waals surface area contributed by atoms with Crippen molar-refractivity contribution in [1.29, 1.82) is 0 Å². The Kier molecular flexibility index (Phi) is 6.25. The van der Waals surface area contributed by atoms with E-state index in [0.29, 0.717) is 34.1 Å². The number of benzene rings is 1. The number of fused-ring (bicyclic) bond motifs is 3. The van der Waals surface area contributed by atoms with Crippen LogP contribution in [0.2, 0.25) is 5.02 Å². The van der Waals surface area contributed by atoms with Crippen molar-refractivity contribution in [2.75, 3.05) is 5.43 Å². The van der Waals surface area contributed by atoms with E-state index in [9.17, 15) is 9.59 Å². The van der Waals surface area contributed by atoms with Gasteiger partial charge in [0.05, 0.1) is 16.0 Å². The fraction of sp³-hybridized carbons (Fsp3) is 0.435. The summed E-state index contributed by atoms with van der Waals surface area (Å²) >= 11 is 7.83. The van der Waals surface area contributed by atoms with Crippen LogP contribution in [0.4, 0.5) is 0 Å². The average molecular weight is 444 g/mol. The molecule has 7 heteroatoms. The molecule has 5 nitrogen and oxygen atoms in total. The van der Waals surface area contributed by atoms with Gasteiger partial charge in [-0.25, -0.2) is 9.66 Å². The second-order valence-electron chi connectivity index (χ2n) is 8.08. The van der Waals surface area contributed by atoms with Crippen molar-refractivity contribution in [3.63, 3.8) is 0 Å². The van der Waals surface area contributed by atoms with Crippen LogP contribution < -0.4 is 11.0 Å². The molecule has 0 spiro atoms. The molecule has 1 N–H and O–H groups in total. The van der Waals surface area contributed by atoms with Gasteiger partial charge in [-0.2, -0.15) is 0 Å². The number of thiophene rings is 1. The van der Waals surface area contributed by atoms with Crippen molar-refractivity contribution in [1.82, 2.24) is 9.66 Å². The number of nitrogens with one attached hydrogen (secondary N) is 1. The summed E-state index contributed by atoms with van der Waals surface area (Å²) in [5, 5.41) is 1.02. The summed E-state index contributed by atoms with van der Waals surface area (Å²) < 4.78 is 1.36. The highest BCUT2D eigenvalue weighted by Gasteiger charge is 2.25. The van der Waals surface area contributed by atoms with Gasteiger partial charge in [0.2, 0.25) is 0 Å². The predicted molar refractivity (Wildman–Crippen MR) is 123 cm³/mol. The Balaban J connectivity index is 1.80. The minimum Gasteiger partial charge on any atom is -0.267 e. The highest BCUT2D eigenvalue weighted by atomic mass is 35.5. The Bertz CT molecular complexity index is 1150. The quantitative estimate of drug-likeness (QED) is 0.522. The van der Waals surface area contributed by atoms with Gasteiger partial charge in [-0.15, -0.1) is 11.3 Å². The molecule has 0 aliphatic heterocycles. The summed E-state index contributed by atoms with van der Waals surface area (Å²) in [4.78, 5) is 33.4. The fourth-order valence-electron chi connectivity index (χ4n) is 4.06. The maximum Gasteiger partial charge on any atom is 0.281 e. The van der Waals surface area contributed by atoms with Crippen LogP contribution in [0.5, 0.6) is 0 Å². The number of hydrogen-bond acceptors (Lipinski definition) is 4. The van der Waals surface area contributed by atoms with Crippen LogP contribution in [-0.4, -0.2) is 15.6 Å². The van der Waals surface area contributed by atoms with E-state index in [-0.39, 0.29) is 5.56 Å². The van der Waals surface area contributed by atoms with E-state index in [1.165, 1.54) is 9.55 Å². The second-order valence-corrected chi connectivity index (χ2v) is 9.57. The molecular weight excluding hydrogens is 418 g/mol. The number of carbonyl (C=O) groups is 1. The highest BCUT2D eigenvalue weighted by molar-refractivity contribution is 7.18. The van der Waals surface area contributed by atoms with Gasteiger partial charge < -0.3 is 0 Å². The molecule has 0 saturated heterocycles. The van der Waals surface area contributed by atoms with Crippen molar-refractivity contribution in [3.05, 3.63) is 61.5 Å². The van der Waals surface area contributed by atoms with E-state index < -0.39 is 5.91 Å². The van der Waals surface area contributed by atoms with Gasteiger partial charge in [0.15, 0.2) is 0 Å². The molecule has 0 bridgehead atoms. The number of hydrogen-bond donors (Lipinski definition) is 1. The van der Waals surface area contributed by atoms with Crippen LogP contribution in [0.15, 0.2) is 29.1 Å². The maximum atomic E-state index is 13.6. The topological polar surface area (TPSA) is 64.0 Å². The van der Waals surface area contributed by atoms with E-state index in [1.54, 1.807) is 35.6 Å². The molecule has 1 aliphatic rings. The molecule has 0 radical (unpaired) electrons. The molecule has 1 atom stereocenters. The number of carbonyl (C=O) groups excluding carboxylic acids is 1. The van der Waals surface area contributed by atoms with Crippen LogP contribution in [0.3, 0.4) is 0 Å². The Labute approximate surface area is 185 Å². The molecule has 2 heterocycles. The van der Waals surface area contributed by atoms with Crippen LogP contribution in [0.1, 0.15) is 66.2 Å². The van der Waals surface area contributed by atoms with E-state index in [1.807, 2.05) is 0 Å². The van der Waals surface area contributed by atoms with E-state index in [4.69, 9.17) is 16.6 Å². The van der Waals surface area contributed by atoms with E-state index in [0.717, 1.165) is 48.9 Å². The van der Waals surface area contributed by atoms with Crippen LogP contribution in [0, 0.1) is 5.92 Å². The number of nitrogens with zero attached hydrogens (tertiary/aromatic N) is 2. The molecule has 158 valence electrons. The SMILES string of the molecule is CCCCCc1nc2sc3c(c2c(=O)n1NC(=O)c1ccccc1Cl)CC(C)CC3. The molecule has 0 fully saturated rings. The summed E-state index contributed by atoms with van der Waals surface area (Å²) in [6, 6.07) is 6.84. The number of aryl methyl sites for hydroxylation is 2. The van der Waals surface area contributed by atoms with Crippen LogP contribution in [0.25, 0.3) is 10.2 Å². The van der Waals surface area contributed by atoms with Crippen molar-refractivity contribution in [2.45, 2.75) is 58.8 Å². The lowest BCUT2D eigenvalue weighted by molar-refractivity contribution is 0.101. The minimum atomic E-state index is -0.405. The largest absolute Gasteiger partial charge is 0.281 e. The average Bonchev–Trinajstić information content (AvgIpc) is 3.08. The third-order valence-corrected chi connectivity index (χ3v) is 7.25. The lowest BCUT2D eigenvalue weighted by Gasteiger charge is -2.18. The Hall–Kier alpha value is -2.18. The summed E-state index contributed by atoms with van der Waals surface area (Å²) in [5.74, 6) is 0.746. The number of unbranched alkanes of at least 4 members (excludes halogenated alkanes) is 2. The highest BCUT2D eigenvalue weighted by Crippen LogP contribution is 2.35. The molecule has 0 saturated carbocycles. The van der Waals surface area contributed by atoms with Gasteiger partial charge in [-0.05, 0) is 49.3 Å². The Morgan fingerprint density at radius 1 is 1.33 bits per heavy atom. The first-order valence-electron chi connectivity index (χ1n) is 10.6. The van der Waals surface area contributed by atoms with Crippen molar-refractivity contribution < 1.29 is 4.79 Å². The monoisotopic (exact) mass is 443 g/mol. The zero-order chi connectivity index (χ0) is 21.3. The normalized spacial score (nSPS) is 15.9. The Morgan fingerprint density at radius 2 is 2.13 bits per heavy atom. The van der Waals surface area contributed by atoms with Crippen LogP contribution >= 0.6 is 22.9 Å². The first-order valence-corrected chi connectivity index (χ1v) is 11.8. The summed E-state index contributed by atoms with van der Waals surface area (Å²) in [6.45, 7) is 4.36. The van der Waals surface area contributed by atoms with E-state index in [2.05, 4.69) is 19.3 Å². The zero-order valence-corrected chi connectivity index (χ0v) is 18.9. The predicted octanol–water partition coefficient (Wildman–Crippen LogP) is 5.35. The molecule has 2 aromatic heterocycles. The maximum absolute atomic E-state index is 13.6. The van der Waals surface area contributed by atoms with Crippen molar-refractivity contribution in [2.24, 2.45) is 5.92 Å². The zero-order valence-electron chi connectivity index (χ0n) is 17.3. The first-order chi connectivity index (χ1) is 14.5. The number of rotatable bonds is 6. The summed E-state index contributed by atoms with van der Waals surface area (Å²) in [7, 11) is 0. The molecule has 4 rings (SSSR count). The molecule has 1 amide bonds. The molecule has 1 aromatic carbocycles. The number of aromatic nitrogens is 2. The Morgan fingerprint density at radius 3 is 2.90 bits per heavy atom. The van der Waals surface area contributed by atoms with Gasteiger partial charge in [0, 0.05) is 11.3 Å². The third kappa shape index (κ3) is 4.03. The smallest absolute Gasteiger partial charge is 0.267 e. The molecular formula is C23H26ClN3O2S. The molecule has 1 unspecified atom stereocenters. The number of halogens is 1. The fourth-order valence-corrected chi connectivity index (χ4v) is 5.51. The number of amides is 1. The molecule has 30 heavy (non-hydrogen) atoms. The van der Waals surface area contributed by atoms with E-state index >= 15 is 0 Å². The third-order valence-electron chi connectivity index (χ3n) is 5.73.